The van der Waals surface area contributed by atoms with Gasteiger partial charge in [-0.3, -0.25) is 67.4 Å². The molecule has 19 N–H and O–H groups in total. The molecule has 98 heavy (non-hydrogen) atoms. The van der Waals surface area contributed by atoms with Crippen molar-refractivity contribution >= 4 is 111 Å². The van der Waals surface area contributed by atoms with E-state index in [1.807, 2.05) is 29.6 Å². The predicted octanol–water partition coefficient (Wildman–Crippen LogP) is -1.96. The van der Waals surface area contributed by atoms with Gasteiger partial charge in [0.15, 0.2) is 0 Å². The minimum Gasteiger partial charge on any atom is -0.391 e. The van der Waals surface area contributed by atoms with Crippen molar-refractivity contribution in [2.45, 2.75) is 161 Å². The van der Waals surface area contributed by atoms with Crippen molar-refractivity contribution in [1.82, 2.24) is 73.6 Å². The van der Waals surface area contributed by atoms with Crippen LogP contribution in [0.2, 0.25) is 0 Å². The molecule has 2 aromatic carbocycles. The van der Waals surface area contributed by atoms with Crippen molar-refractivity contribution in [1.29, 1.82) is 0 Å². The number of carbonyl (C=O) groups is 14. The molecule has 3 heterocycles. The van der Waals surface area contributed by atoms with Gasteiger partial charge in [-0.15, -0.1) is 11.3 Å². The lowest BCUT2D eigenvalue weighted by Gasteiger charge is -2.31. The molecule has 4 aromatic rings. The summed E-state index contributed by atoms with van der Waals surface area (Å²) in [4.78, 5) is 185. The number of hydrogen-bond acceptors (Lipinski definition) is 18. The molecule has 9 atom stereocenters. The number of likely N-dealkylation sites (tertiary alicyclic amines) is 1. The number of carbonyl (C=O) groups excluding carboxylic acids is 14. The van der Waals surface area contributed by atoms with Crippen LogP contribution in [-0.2, 0) is 64.0 Å². The molecule has 15 amide bonds. The van der Waals surface area contributed by atoms with Gasteiger partial charge in [0, 0.05) is 60.2 Å². The van der Waals surface area contributed by atoms with Crippen LogP contribution < -0.4 is 75.3 Å². The Morgan fingerprint density at radius 1 is 0.633 bits per heavy atom. The second-order valence-corrected chi connectivity index (χ2v) is 25.6. The highest BCUT2D eigenvalue weighted by molar-refractivity contribution is 7.10. The minimum atomic E-state index is -1.84. The number of aliphatic hydroxyl groups excluding tert-OH is 2. The quantitative estimate of drug-likeness (QED) is 0.0217. The zero-order valence-corrected chi connectivity index (χ0v) is 56.6. The maximum Gasteiger partial charge on any atom is 0.312 e. The zero-order chi connectivity index (χ0) is 72.3. The van der Waals surface area contributed by atoms with E-state index in [1.165, 1.54) is 23.2 Å². The van der Waals surface area contributed by atoms with Crippen LogP contribution in [0.3, 0.4) is 0 Å². The first-order chi connectivity index (χ1) is 46.4. The Bertz CT molecular complexity index is 3470. The monoisotopic (exact) mass is 1390 g/mol. The van der Waals surface area contributed by atoms with E-state index < -0.39 is 145 Å². The largest absolute Gasteiger partial charge is 0.391 e. The van der Waals surface area contributed by atoms with Crippen molar-refractivity contribution in [2.24, 2.45) is 23.3 Å². The standard InChI is InChI=1S/C64H91N17O16S/c1-33(2)26-45(57(90)71-32-52(88)70-31-51(87)67-22-11-23-68-56(89)39-17-15-38(16-18-39)55-42-28-40(19-20-43(42)79-80-55)73-50(86)29-41-12-10-25-98-41)74-59(92)47(30-49(65)85)75-58(91)46(27-34(3)4)76-61(94)53(35(5)82)78-62(95)54(36(6)83)77-60(93)48-14-9-24-81(48)63(96)44(72-37(7)84)13-8-21-69-64(66)97/h10,12,15-20,25,28,33-36,44-48,53-54,82-83H,8-9,11,13-14,21-24,26-27,29-32H2,1-7H3,(H2,65,85)(H,67,87)(H,68,89)(H,70,88)(H,71,90)(H,72,84)(H,73,86)(H,74,92)(H,75,91)(H,76,94)(H,77,93)(H,78,95)(H,79,80)(H3,66,69,97)/t35-,36-,44+,45+,46+,47+,48+,53+,54+/m1/s1. The van der Waals surface area contributed by atoms with Gasteiger partial charge in [0.2, 0.25) is 70.9 Å². The van der Waals surface area contributed by atoms with Gasteiger partial charge in [0.1, 0.15) is 42.3 Å². The summed E-state index contributed by atoms with van der Waals surface area (Å²) >= 11 is 1.50. The normalized spacial score (nSPS) is 15.1. The molecule has 0 radical (unpaired) electrons. The van der Waals surface area contributed by atoms with Crippen LogP contribution in [0.25, 0.3) is 22.2 Å². The average Bonchev–Trinajstić information content (AvgIpc) is 1.63. The van der Waals surface area contributed by atoms with E-state index >= 15 is 0 Å². The number of aliphatic hydroxyl groups is 2. The number of thiophene rings is 1. The number of anilines is 1. The summed E-state index contributed by atoms with van der Waals surface area (Å²) in [5, 5.41) is 61.8. The SMILES string of the molecule is CC(=O)N[C@@H](CCCNC(N)=O)C(=O)N1CCC[C@H]1C(=O)N[C@H](C(=O)N[C@H](C(=O)N[C@@H](CC(C)C)C(=O)N[C@@H](CC(N)=O)C(=O)N[C@@H](CC(C)C)C(=O)NCC(=O)NCC(=O)NCCCNC(=O)c1ccc(-c2n[nH]c3ccc(NC(=O)Cc4cccs4)cc23)cc1)[C@@H](C)O)[C@@H](C)O. The van der Waals surface area contributed by atoms with Crippen LogP contribution in [0.5, 0.6) is 0 Å². The predicted molar refractivity (Wildman–Crippen MR) is 359 cm³/mol. The lowest BCUT2D eigenvalue weighted by molar-refractivity contribution is -0.143. The van der Waals surface area contributed by atoms with Gasteiger partial charge in [-0.2, -0.15) is 5.10 Å². The Labute approximate surface area is 569 Å². The molecule has 534 valence electrons. The number of fused-ring (bicyclic) bond motifs is 1. The van der Waals surface area contributed by atoms with Crippen LogP contribution in [0.15, 0.2) is 60.0 Å². The fourth-order valence-corrected chi connectivity index (χ4v) is 11.2. The Hall–Kier alpha value is -10.1. The van der Waals surface area contributed by atoms with Gasteiger partial charge in [0.25, 0.3) is 5.91 Å². The summed E-state index contributed by atoms with van der Waals surface area (Å²) in [6.07, 6.45) is -2.83. The van der Waals surface area contributed by atoms with Crippen LogP contribution in [-0.4, -0.2) is 202 Å². The number of nitrogens with zero attached hydrogens (tertiary/aromatic N) is 2. The Morgan fingerprint density at radius 3 is 1.85 bits per heavy atom. The molecule has 1 aliphatic heterocycles. The van der Waals surface area contributed by atoms with Crippen molar-refractivity contribution in [3.05, 3.63) is 70.4 Å². The Kier molecular flexibility index (Phi) is 31.0. The van der Waals surface area contributed by atoms with Crippen LogP contribution >= 0.6 is 11.3 Å². The third-order valence-electron chi connectivity index (χ3n) is 15.3. The summed E-state index contributed by atoms with van der Waals surface area (Å²) < 4.78 is 0. The molecule has 0 saturated carbocycles. The highest BCUT2D eigenvalue weighted by atomic mass is 32.1. The number of urea groups is 1. The van der Waals surface area contributed by atoms with Gasteiger partial charge in [0.05, 0.1) is 49.3 Å². The van der Waals surface area contributed by atoms with Gasteiger partial charge in [-0.05, 0) is 112 Å². The maximum atomic E-state index is 14.1. The number of benzene rings is 2. The molecule has 1 fully saturated rings. The number of H-pyrrole nitrogens is 1. The van der Waals surface area contributed by atoms with Crippen molar-refractivity contribution < 1.29 is 77.3 Å². The van der Waals surface area contributed by atoms with E-state index in [0.717, 1.165) is 35.2 Å². The number of primary amides is 2. The number of nitrogens with two attached hydrogens (primary N) is 2. The lowest BCUT2D eigenvalue weighted by atomic mass is 10.0. The van der Waals surface area contributed by atoms with E-state index in [2.05, 4.69) is 74.0 Å². The van der Waals surface area contributed by atoms with E-state index in [0.29, 0.717) is 29.8 Å². The van der Waals surface area contributed by atoms with Crippen LogP contribution in [0.4, 0.5) is 10.5 Å². The summed E-state index contributed by atoms with van der Waals surface area (Å²) in [6, 6.07) is 4.78. The zero-order valence-electron chi connectivity index (χ0n) is 55.8. The van der Waals surface area contributed by atoms with Gasteiger partial charge >= 0.3 is 6.03 Å². The summed E-state index contributed by atoms with van der Waals surface area (Å²) in [5.74, 6) is -10.7. The molecular formula is C64H91N17O16S. The number of nitrogens with one attached hydrogen (secondary N) is 13. The number of hydrogen-bond donors (Lipinski definition) is 17. The molecule has 2 aromatic heterocycles. The summed E-state index contributed by atoms with van der Waals surface area (Å²) in [5.41, 5.74) is 13.7. The molecule has 34 heteroatoms. The summed E-state index contributed by atoms with van der Waals surface area (Å²) in [6.45, 7) is 9.75. The second-order valence-electron chi connectivity index (χ2n) is 24.6. The van der Waals surface area contributed by atoms with Crippen LogP contribution in [0, 0.1) is 11.8 Å². The third-order valence-corrected chi connectivity index (χ3v) is 16.2. The van der Waals surface area contributed by atoms with Crippen molar-refractivity contribution in [3.8, 4) is 11.3 Å². The molecular weight excluding hydrogens is 1290 g/mol. The number of aromatic nitrogens is 2. The van der Waals surface area contributed by atoms with Crippen molar-refractivity contribution in [3.63, 3.8) is 0 Å². The fourth-order valence-electron chi connectivity index (χ4n) is 10.5. The molecule has 0 bridgehead atoms. The van der Waals surface area contributed by atoms with E-state index in [1.54, 1.807) is 58.0 Å². The maximum absolute atomic E-state index is 14.1. The topological polar surface area (TPSA) is 508 Å². The molecule has 33 nitrogen and oxygen atoms in total. The fraction of sp³-hybridized carbons (Fsp3) is 0.516. The number of rotatable bonds is 38. The molecule has 5 rings (SSSR count). The van der Waals surface area contributed by atoms with Crippen molar-refractivity contribution in [2.75, 3.05) is 44.6 Å². The minimum absolute atomic E-state index is 0.00576. The second kappa shape index (κ2) is 38.6. The molecule has 1 aliphatic rings. The molecule has 0 spiro atoms. The van der Waals surface area contributed by atoms with Gasteiger partial charge in [-0.1, -0.05) is 45.9 Å². The number of amides is 15. The molecule has 1 saturated heterocycles. The first-order valence-corrected chi connectivity index (χ1v) is 33.1. The van der Waals surface area contributed by atoms with Gasteiger partial charge < -0.3 is 90.4 Å². The highest BCUT2D eigenvalue weighted by Crippen LogP contribution is 2.29. The van der Waals surface area contributed by atoms with E-state index in [-0.39, 0.29) is 88.4 Å². The van der Waals surface area contributed by atoms with E-state index in [4.69, 9.17) is 11.5 Å². The first kappa shape index (κ1) is 78.6. The molecule has 0 unspecified atom stereocenters. The Balaban J connectivity index is 1.08. The average molecular weight is 1390 g/mol. The summed E-state index contributed by atoms with van der Waals surface area (Å²) in [7, 11) is 0. The number of aromatic amines is 1. The third kappa shape index (κ3) is 25.5. The molecule has 0 aliphatic carbocycles. The van der Waals surface area contributed by atoms with Gasteiger partial charge in [-0.25, -0.2) is 4.79 Å². The lowest BCUT2D eigenvalue weighted by Crippen LogP contribution is -2.63. The highest BCUT2D eigenvalue weighted by Gasteiger charge is 2.41. The van der Waals surface area contributed by atoms with Crippen LogP contribution in [0.1, 0.15) is 115 Å². The smallest absolute Gasteiger partial charge is 0.312 e. The van der Waals surface area contributed by atoms with E-state index in [9.17, 15) is 77.3 Å². The Morgan fingerprint density at radius 2 is 1.22 bits per heavy atom. The first-order valence-electron chi connectivity index (χ1n) is 32.2.